The molecule has 0 aromatic heterocycles. The van der Waals surface area contributed by atoms with Crippen molar-refractivity contribution in [3.63, 3.8) is 0 Å². The van der Waals surface area contributed by atoms with Gasteiger partial charge < -0.3 is 20.4 Å². The Kier molecular flexibility index (Phi) is 10.4. The van der Waals surface area contributed by atoms with Gasteiger partial charge in [-0.25, -0.2) is 0 Å². The van der Waals surface area contributed by atoms with Gasteiger partial charge in [0, 0.05) is 24.7 Å². The molecule has 1 rings (SSSR count). The van der Waals surface area contributed by atoms with E-state index >= 15 is 0 Å². The van der Waals surface area contributed by atoms with E-state index in [4.69, 9.17) is 5.11 Å². The van der Waals surface area contributed by atoms with Crippen LogP contribution in [0.2, 0.25) is 0 Å². The maximum Gasteiger partial charge on any atom is 0.303 e. The van der Waals surface area contributed by atoms with Crippen molar-refractivity contribution in [3.05, 3.63) is 24.3 Å². The average Bonchev–Trinajstić information content (AvgIpc) is 2.81. The van der Waals surface area contributed by atoms with Crippen molar-refractivity contribution in [2.45, 2.75) is 76.6 Å². The number of hydrogen-bond acceptors (Lipinski definition) is 5. The third-order valence-corrected chi connectivity index (χ3v) is 4.73. The van der Waals surface area contributed by atoms with E-state index in [9.17, 15) is 24.9 Å². The minimum Gasteiger partial charge on any atom is -0.481 e. The molecule has 0 aromatic carbocycles. The van der Waals surface area contributed by atoms with Gasteiger partial charge in [0.1, 0.15) is 5.78 Å². The smallest absolute Gasteiger partial charge is 0.303 e. The van der Waals surface area contributed by atoms with Gasteiger partial charge >= 0.3 is 5.97 Å². The highest BCUT2D eigenvalue weighted by atomic mass is 16.4. The Bertz CT molecular complexity index is 497. The highest BCUT2D eigenvalue weighted by Gasteiger charge is 2.39. The van der Waals surface area contributed by atoms with Crippen molar-refractivity contribution in [3.8, 4) is 0 Å². The predicted octanol–water partition coefficient (Wildman–Crippen LogP) is 2.22. The SMILES string of the molecule is C[C@@H](O)CCCC(O)/C=C/[C@H]1C(O)CC(=O)[C@@H]1C/C=C\CCCC(=O)O. The predicted molar refractivity (Wildman–Crippen MR) is 98.5 cm³/mol. The molecule has 1 saturated carbocycles. The molecule has 0 aliphatic heterocycles. The molecule has 26 heavy (non-hydrogen) atoms. The number of aliphatic hydroxyl groups is 3. The molecule has 1 fully saturated rings. The number of unbranched alkanes of at least 4 members (excludes halogenated alkanes) is 1. The standard InChI is InChI=1S/C20H32O6/c1-14(21)7-6-8-15(22)11-12-17-16(18(23)13-19(17)24)9-4-2-3-5-10-20(25)26/h2,4,11-12,14-17,19,21-22,24H,3,5-10,13H2,1H3,(H,25,26)/b4-2-,12-11+/t14-,15?,16-,17-,19?/m1/s1. The minimum atomic E-state index is -0.815. The molecule has 4 N–H and O–H groups in total. The number of aliphatic carboxylic acids is 1. The summed E-state index contributed by atoms with van der Waals surface area (Å²) in [5.41, 5.74) is 0. The van der Waals surface area contributed by atoms with E-state index in [0.29, 0.717) is 38.5 Å². The Morgan fingerprint density at radius 1 is 1.23 bits per heavy atom. The average molecular weight is 368 g/mol. The van der Waals surface area contributed by atoms with Crippen molar-refractivity contribution in [1.82, 2.24) is 0 Å². The molecule has 0 spiro atoms. The van der Waals surface area contributed by atoms with E-state index in [1.165, 1.54) is 0 Å². The summed E-state index contributed by atoms with van der Waals surface area (Å²) in [4.78, 5) is 22.6. The van der Waals surface area contributed by atoms with Gasteiger partial charge in [0.05, 0.1) is 18.3 Å². The van der Waals surface area contributed by atoms with Gasteiger partial charge in [0.25, 0.3) is 0 Å². The summed E-state index contributed by atoms with van der Waals surface area (Å²) in [7, 11) is 0. The van der Waals surface area contributed by atoms with Gasteiger partial charge in [0.2, 0.25) is 0 Å². The normalized spacial score (nSPS) is 26.0. The molecule has 148 valence electrons. The third-order valence-electron chi connectivity index (χ3n) is 4.73. The Labute approximate surface area is 155 Å². The Morgan fingerprint density at radius 3 is 2.62 bits per heavy atom. The van der Waals surface area contributed by atoms with Crippen molar-refractivity contribution < 1.29 is 30.0 Å². The molecular formula is C20H32O6. The summed E-state index contributed by atoms with van der Waals surface area (Å²) in [5.74, 6) is -1.41. The molecule has 0 radical (unpaired) electrons. The number of rotatable bonds is 12. The summed E-state index contributed by atoms with van der Waals surface area (Å²) in [6.07, 6.45) is 9.23. The molecule has 6 nitrogen and oxygen atoms in total. The number of aliphatic hydroxyl groups excluding tert-OH is 3. The quantitative estimate of drug-likeness (QED) is 0.310. The Hall–Kier alpha value is -1.50. The van der Waals surface area contributed by atoms with Crippen LogP contribution in [0.3, 0.4) is 0 Å². The molecule has 0 amide bonds. The lowest BCUT2D eigenvalue weighted by atomic mass is 9.90. The largest absolute Gasteiger partial charge is 0.481 e. The van der Waals surface area contributed by atoms with Crippen LogP contribution in [-0.2, 0) is 9.59 Å². The lowest BCUT2D eigenvalue weighted by Gasteiger charge is -2.16. The fourth-order valence-electron chi connectivity index (χ4n) is 3.23. The van der Waals surface area contributed by atoms with Crippen LogP contribution in [0.1, 0.15) is 58.3 Å². The third kappa shape index (κ3) is 8.74. The first-order chi connectivity index (χ1) is 12.3. The lowest BCUT2D eigenvalue weighted by Crippen LogP contribution is -2.18. The topological polar surface area (TPSA) is 115 Å². The highest BCUT2D eigenvalue weighted by Crippen LogP contribution is 2.33. The van der Waals surface area contributed by atoms with E-state index in [2.05, 4.69) is 0 Å². The number of carbonyl (C=O) groups excluding carboxylic acids is 1. The van der Waals surface area contributed by atoms with Crippen LogP contribution >= 0.6 is 0 Å². The molecule has 0 aromatic rings. The summed E-state index contributed by atoms with van der Waals surface area (Å²) in [6, 6.07) is 0. The second-order valence-electron chi connectivity index (χ2n) is 7.15. The number of carbonyl (C=O) groups is 2. The fourth-order valence-corrected chi connectivity index (χ4v) is 3.23. The van der Waals surface area contributed by atoms with Crippen LogP contribution in [0.4, 0.5) is 0 Å². The van der Waals surface area contributed by atoms with E-state index in [-0.39, 0.29) is 36.6 Å². The Morgan fingerprint density at radius 2 is 1.96 bits per heavy atom. The van der Waals surface area contributed by atoms with Gasteiger partial charge in [-0.15, -0.1) is 0 Å². The van der Waals surface area contributed by atoms with Crippen molar-refractivity contribution in [2.24, 2.45) is 11.8 Å². The Balaban J connectivity index is 2.47. The van der Waals surface area contributed by atoms with Crippen molar-refractivity contribution in [2.75, 3.05) is 0 Å². The zero-order valence-electron chi connectivity index (χ0n) is 15.5. The van der Waals surface area contributed by atoms with Gasteiger partial charge in [-0.1, -0.05) is 24.3 Å². The maximum atomic E-state index is 12.1. The monoisotopic (exact) mass is 368 g/mol. The second-order valence-corrected chi connectivity index (χ2v) is 7.15. The van der Waals surface area contributed by atoms with Crippen LogP contribution < -0.4 is 0 Å². The number of carboxylic acids is 1. The summed E-state index contributed by atoms with van der Waals surface area (Å²) in [5, 5.41) is 37.9. The fraction of sp³-hybridized carbons (Fsp3) is 0.700. The van der Waals surface area contributed by atoms with Crippen LogP contribution in [0.5, 0.6) is 0 Å². The van der Waals surface area contributed by atoms with Crippen LogP contribution in [0, 0.1) is 11.8 Å². The van der Waals surface area contributed by atoms with Crippen LogP contribution in [-0.4, -0.2) is 50.5 Å². The summed E-state index contributed by atoms with van der Waals surface area (Å²) < 4.78 is 0. The van der Waals surface area contributed by atoms with Crippen LogP contribution in [0.15, 0.2) is 24.3 Å². The number of Topliss-reactive ketones (excluding diaryl/α,β-unsaturated/α-hetero) is 1. The van der Waals surface area contributed by atoms with Gasteiger partial charge in [-0.3, -0.25) is 9.59 Å². The second kappa shape index (κ2) is 12.0. The molecule has 5 atom stereocenters. The van der Waals surface area contributed by atoms with Gasteiger partial charge in [-0.05, 0) is 45.4 Å². The molecule has 6 heteroatoms. The highest BCUT2D eigenvalue weighted by molar-refractivity contribution is 5.84. The maximum absolute atomic E-state index is 12.1. The molecular weight excluding hydrogens is 336 g/mol. The zero-order valence-corrected chi connectivity index (χ0v) is 15.5. The van der Waals surface area contributed by atoms with Gasteiger partial charge in [0.15, 0.2) is 0 Å². The number of hydrogen-bond donors (Lipinski definition) is 4. The molecule has 1 aliphatic carbocycles. The first-order valence-electron chi connectivity index (χ1n) is 9.43. The van der Waals surface area contributed by atoms with Crippen molar-refractivity contribution in [1.29, 1.82) is 0 Å². The van der Waals surface area contributed by atoms with E-state index in [1.807, 2.05) is 12.2 Å². The van der Waals surface area contributed by atoms with E-state index in [1.54, 1.807) is 19.1 Å². The molecule has 0 heterocycles. The lowest BCUT2D eigenvalue weighted by molar-refractivity contribution is -0.137. The molecule has 1 aliphatic rings. The molecule has 2 unspecified atom stereocenters. The number of ketones is 1. The summed E-state index contributed by atoms with van der Waals surface area (Å²) >= 11 is 0. The molecule has 0 saturated heterocycles. The number of carboxylic acid groups (broad SMARTS) is 1. The molecule has 0 bridgehead atoms. The minimum absolute atomic E-state index is 0.0194. The van der Waals surface area contributed by atoms with E-state index in [0.717, 1.165) is 0 Å². The summed E-state index contributed by atoms with van der Waals surface area (Å²) in [6.45, 7) is 1.71. The van der Waals surface area contributed by atoms with Crippen LogP contribution in [0.25, 0.3) is 0 Å². The first-order valence-corrected chi connectivity index (χ1v) is 9.43. The number of allylic oxidation sites excluding steroid dienone is 2. The van der Waals surface area contributed by atoms with E-state index < -0.39 is 18.2 Å². The first kappa shape index (κ1) is 22.5. The zero-order chi connectivity index (χ0) is 19.5. The van der Waals surface area contributed by atoms with Crippen molar-refractivity contribution >= 4 is 11.8 Å². The van der Waals surface area contributed by atoms with Gasteiger partial charge in [-0.2, -0.15) is 0 Å².